The molecule has 0 saturated heterocycles. The van der Waals surface area contributed by atoms with Crippen molar-refractivity contribution in [1.29, 1.82) is 0 Å². The van der Waals surface area contributed by atoms with Gasteiger partial charge in [0.05, 0.1) is 10.6 Å². The fourth-order valence-electron chi connectivity index (χ4n) is 2.29. The van der Waals surface area contributed by atoms with E-state index in [0.717, 1.165) is 4.70 Å². The molecule has 1 aromatic heterocycles. The second-order valence-corrected chi connectivity index (χ2v) is 8.53. The maximum absolute atomic E-state index is 12.3. The molecule has 2 aromatic carbocycles. The number of rotatable bonds is 5. The molecule has 0 aliphatic carbocycles. The maximum Gasteiger partial charge on any atom is 0.284 e. The summed E-state index contributed by atoms with van der Waals surface area (Å²) in [6.45, 7) is 0. The third-order valence-corrected chi connectivity index (χ3v) is 6.01. The molecule has 0 fully saturated rings. The monoisotopic (exact) mass is 396 g/mol. The average molecular weight is 397 g/mol. The van der Waals surface area contributed by atoms with E-state index in [0.29, 0.717) is 26.5 Å². The molecule has 0 aliphatic heterocycles. The van der Waals surface area contributed by atoms with Crippen LogP contribution in [0.3, 0.4) is 0 Å². The summed E-state index contributed by atoms with van der Waals surface area (Å²) in [6.07, 6.45) is 0. The zero-order valence-electron chi connectivity index (χ0n) is 12.7. The zero-order valence-corrected chi connectivity index (χ0v) is 15.1. The number of sulfonamides is 1. The number of thiophene rings is 1. The van der Waals surface area contributed by atoms with Crippen molar-refractivity contribution in [2.45, 2.75) is 5.75 Å². The lowest BCUT2D eigenvalue weighted by Gasteiger charge is -2.08. The van der Waals surface area contributed by atoms with E-state index in [2.05, 4.69) is 4.72 Å². The predicted molar refractivity (Wildman–Crippen MR) is 98.8 cm³/mol. The molecular formula is C16H13ClN2O4S2. The van der Waals surface area contributed by atoms with Crippen LogP contribution in [0, 0.1) is 0 Å². The quantitative estimate of drug-likeness (QED) is 0.453. The van der Waals surface area contributed by atoms with Crippen LogP contribution >= 0.6 is 22.9 Å². The fourth-order valence-corrected chi connectivity index (χ4v) is 4.54. The molecule has 1 amide bonds. The Kier molecular flexibility index (Phi) is 4.96. The number of nitrogens with one attached hydrogen (secondary N) is 2. The third kappa shape index (κ3) is 4.29. The van der Waals surface area contributed by atoms with Gasteiger partial charge in [-0.3, -0.25) is 14.7 Å². The lowest BCUT2D eigenvalue weighted by Crippen LogP contribution is -2.16. The van der Waals surface area contributed by atoms with Gasteiger partial charge in [-0.15, -0.1) is 11.3 Å². The van der Waals surface area contributed by atoms with Gasteiger partial charge >= 0.3 is 0 Å². The van der Waals surface area contributed by atoms with Crippen molar-refractivity contribution >= 4 is 54.6 Å². The predicted octanol–water partition coefficient (Wildman–Crippen LogP) is 3.62. The van der Waals surface area contributed by atoms with Gasteiger partial charge in [-0.2, -0.15) is 0 Å². The van der Waals surface area contributed by atoms with Crippen LogP contribution in [-0.4, -0.2) is 19.5 Å². The molecule has 6 nitrogen and oxygen atoms in total. The van der Waals surface area contributed by atoms with Crippen LogP contribution in [0.2, 0.25) is 5.02 Å². The van der Waals surface area contributed by atoms with E-state index in [1.807, 2.05) is 0 Å². The molecule has 3 rings (SSSR count). The Morgan fingerprint density at radius 1 is 1.12 bits per heavy atom. The Hall–Kier alpha value is -2.13. The molecule has 0 bridgehead atoms. The van der Waals surface area contributed by atoms with E-state index in [-0.39, 0.29) is 5.75 Å². The number of carbonyl (C=O) groups is 1. The average Bonchev–Trinajstić information content (AvgIpc) is 2.99. The van der Waals surface area contributed by atoms with Crippen molar-refractivity contribution in [3.63, 3.8) is 0 Å². The van der Waals surface area contributed by atoms with Crippen molar-refractivity contribution in [2.24, 2.45) is 0 Å². The number of anilines is 1. The minimum Gasteiger partial charge on any atom is -0.288 e. The fraction of sp³-hybridized carbons (Fsp3) is 0.0625. The topological polar surface area (TPSA) is 95.5 Å². The molecule has 0 atom stereocenters. The number of halogens is 1. The summed E-state index contributed by atoms with van der Waals surface area (Å²) in [4.78, 5) is 11.8. The van der Waals surface area contributed by atoms with Crippen LogP contribution < -0.4 is 10.2 Å². The van der Waals surface area contributed by atoms with Gasteiger partial charge in [-0.05, 0) is 47.3 Å². The Balaban J connectivity index is 1.81. The first-order valence-corrected chi connectivity index (χ1v) is 9.94. The second-order valence-electron chi connectivity index (χ2n) is 5.29. The summed E-state index contributed by atoms with van der Waals surface area (Å²) >= 11 is 6.99. The summed E-state index contributed by atoms with van der Waals surface area (Å²) < 4.78 is 27.9. The van der Waals surface area contributed by atoms with Gasteiger partial charge in [0.25, 0.3) is 5.91 Å². The summed E-state index contributed by atoms with van der Waals surface area (Å²) in [5.41, 5.74) is 2.60. The van der Waals surface area contributed by atoms with E-state index < -0.39 is 15.9 Å². The summed E-state index contributed by atoms with van der Waals surface area (Å²) in [7, 11) is -3.59. The number of amides is 1. The molecule has 9 heteroatoms. The standard InChI is InChI=1S/C16H13ClN2O4S2/c17-12-3-1-10(2-4-12)9-25(22,23)19-13-5-6-14-11(7-13)8-15(24-14)16(20)18-21/h1-8,19,21H,9H2,(H,18,20). The number of hydrogen-bond donors (Lipinski definition) is 3. The van der Waals surface area contributed by atoms with Crippen molar-refractivity contribution in [3.05, 3.63) is 64.0 Å². The number of hydroxylamine groups is 1. The molecule has 3 N–H and O–H groups in total. The molecule has 130 valence electrons. The van der Waals surface area contributed by atoms with Crippen LogP contribution in [0.4, 0.5) is 5.69 Å². The lowest BCUT2D eigenvalue weighted by atomic mass is 10.2. The molecule has 1 heterocycles. The maximum atomic E-state index is 12.3. The highest BCUT2D eigenvalue weighted by atomic mass is 35.5. The first-order valence-electron chi connectivity index (χ1n) is 7.09. The Morgan fingerprint density at radius 2 is 1.84 bits per heavy atom. The summed E-state index contributed by atoms with van der Waals surface area (Å²) in [5.74, 6) is -0.782. The highest BCUT2D eigenvalue weighted by molar-refractivity contribution is 7.91. The normalized spacial score (nSPS) is 11.4. The van der Waals surface area contributed by atoms with Gasteiger partial charge in [-0.1, -0.05) is 23.7 Å². The Labute approximate surface area is 153 Å². The highest BCUT2D eigenvalue weighted by Crippen LogP contribution is 2.28. The minimum atomic E-state index is -3.59. The van der Waals surface area contributed by atoms with Crippen molar-refractivity contribution in [3.8, 4) is 0 Å². The van der Waals surface area contributed by atoms with Gasteiger partial charge in [0.15, 0.2) is 0 Å². The van der Waals surface area contributed by atoms with E-state index in [4.69, 9.17) is 16.8 Å². The van der Waals surface area contributed by atoms with Gasteiger partial charge in [0.1, 0.15) is 0 Å². The summed E-state index contributed by atoms with van der Waals surface area (Å²) in [6, 6.07) is 13.1. The molecule has 0 saturated carbocycles. The number of hydrogen-bond acceptors (Lipinski definition) is 5. The lowest BCUT2D eigenvalue weighted by molar-refractivity contribution is 0.0711. The van der Waals surface area contributed by atoms with E-state index in [1.54, 1.807) is 54.0 Å². The SMILES string of the molecule is O=C(NO)c1cc2cc(NS(=O)(=O)Cc3ccc(Cl)cc3)ccc2s1. The first-order chi connectivity index (χ1) is 11.9. The molecule has 25 heavy (non-hydrogen) atoms. The van der Waals surface area contributed by atoms with E-state index in [1.165, 1.54) is 11.3 Å². The minimum absolute atomic E-state index is 0.177. The third-order valence-electron chi connectivity index (χ3n) is 3.38. The van der Waals surface area contributed by atoms with Crippen LogP contribution in [0.1, 0.15) is 15.2 Å². The smallest absolute Gasteiger partial charge is 0.284 e. The molecule has 0 aliphatic rings. The molecular weight excluding hydrogens is 384 g/mol. The molecule has 3 aromatic rings. The number of fused-ring (bicyclic) bond motifs is 1. The molecule has 0 radical (unpaired) electrons. The zero-order chi connectivity index (χ0) is 18.0. The summed E-state index contributed by atoms with van der Waals surface area (Å²) in [5, 5.41) is 9.93. The van der Waals surface area contributed by atoms with E-state index >= 15 is 0 Å². The highest BCUT2D eigenvalue weighted by Gasteiger charge is 2.14. The van der Waals surface area contributed by atoms with Crippen molar-refractivity contribution < 1.29 is 18.4 Å². The van der Waals surface area contributed by atoms with Gasteiger partial charge in [-0.25, -0.2) is 13.9 Å². The number of carbonyl (C=O) groups excluding carboxylic acids is 1. The van der Waals surface area contributed by atoms with Crippen LogP contribution in [0.25, 0.3) is 10.1 Å². The second kappa shape index (κ2) is 7.01. The molecule has 0 unspecified atom stereocenters. The van der Waals surface area contributed by atoms with Crippen molar-refractivity contribution in [2.75, 3.05) is 4.72 Å². The van der Waals surface area contributed by atoms with Crippen LogP contribution in [0.5, 0.6) is 0 Å². The van der Waals surface area contributed by atoms with Crippen LogP contribution in [0.15, 0.2) is 48.5 Å². The Bertz CT molecular complexity index is 1030. The van der Waals surface area contributed by atoms with Crippen LogP contribution in [-0.2, 0) is 15.8 Å². The van der Waals surface area contributed by atoms with Gasteiger partial charge < -0.3 is 0 Å². The number of benzene rings is 2. The van der Waals surface area contributed by atoms with Crippen molar-refractivity contribution in [1.82, 2.24) is 5.48 Å². The van der Waals surface area contributed by atoms with Gasteiger partial charge in [0.2, 0.25) is 10.0 Å². The molecule has 0 spiro atoms. The van der Waals surface area contributed by atoms with E-state index in [9.17, 15) is 13.2 Å². The van der Waals surface area contributed by atoms with Gasteiger partial charge in [0, 0.05) is 15.4 Å². The first kappa shape index (κ1) is 17.7. The Morgan fingerprint density at radius 3 is 2.52 bits per heavy atom. The largest absolute Gasteiger partial charge is 0.288 e.